The van der Waals surface area contributed by atoms with Gasteiger partial charge in [0.05, 0.1) is 5.60 Å². The van der Waals surface area contributed by atoms with Crippen molar-refractivity contribution in [2.45, 2.75) is 44.8 Å². The van der Waals surface area contributed by atoms with Crippen molar-refractivity contribution >= 4 is 0 Å². The molecule has 0 radical (unpaired) electrons. The number of hydrogen-bond acceptors (Lipinski definition) is 2. The number of likely N-dealkylation sites (tertiary alicyclic amines) is 1. The molecule has 0 aliphatic carbocycles. The van der Waals surface area contributed by atoms with Gasteiger partial charge in [0.25, 0.3) is 0 Å². The number of rotatable bonds is 5. The van der Waals surface area contributed by atoms with Gasteiger partial charge in [-0.1, -0.05) is 50.1 Å². The number of unbranched alkanes of at least 4 members (excludes halogenated alkanes) is 1. The molecule has 1 aliphatic rings. The molecule has 0 bridgehead atoms. The normalized spacial score (nSPS) is 25.3. The molecule has 1 heterocycles. The lowest BCUT2D eigenvalue weighted by molar-refractivity contribution is 0.0377. The van der Waals surface area contributed by atoms with Crippen LogP contribution in [-0.2, 0) is 6.54 Å². The van der Waals surface area contributed by atoms with Gasteiger partial charge >= 0.3 is 0 Å². The Labute approximate surface area is 104 Å². The Kier molecular flexibility index (Phi) is 4.19. The highest BCUT2D eigenvalue weighted by Gasteiger charge is 2.34. The van der Waals surface area contributed by atoms with Crippen LogP contribution in [0.2, 0.25) is 0 Å². The highest BCUT2D eigenvalue weighted by Crippen LogP contribution is 2.27. The third-order valence-corrected chi connectivity index (χ3v) is 3.66. The summed E-state index contributed by atoms with van der Waals surface area (Å²) in [6.45, 7) is 5.01. The van der Waals surface area contributed by atoms with Crippen LogP contribution in [0, 0.1) is 0 Å². The first kappa shape index (κ1) is 12.6. The molecule has 1 aromatic carbocycles. The number of nitrogens with zero attached hydrogens (tertiary/aromatic N) is 1. The van der Waals surface area contributed by atoms with Gasteiger partial charge in [-0.2, -0.15) is 0 Å². The average molecular weight is 233 g/mol. The molecule has 1 N–H and O–H groups in total. The number of hydrogen-bond donors (Lipinski definition) is 1. The predicted molar refractivity (Wildman–Crippen MR) is 70.8 cm³/mol. The number of β-amino-alcohol motifs (C(OH)–C–C–N with tert-alkyl or cyclic N) is 1. The van der Waals surface area contributed by atoms with Gasteiger partial charge < -0.3 is 5.11 Å². The summed E-state index contributed by atoms with van der Waals surface area (Å²) in [5.41, 5.74) is 0.914. The summed E-state index contributed by atoms with van der Waals surface area (Å²) in [4.78, 5) is 2.37. The van der Waals surface area contributed by atoms with Gasteiger partial charge in [-0.05, 0) is 18.4 Å². The molecule has 1 aliphatic heterocycles. The minimum atomic E-state index is -0.426. The quantitative estimate of drug-likeness (QED) is 0.845. The van der Waals surface area contributed by atoms with Crippen LogP contribution in [0.1, 0.15) is 38.2 Å². The Balaban J connectivity index is 1.85. The van der Waals surface area contributed by atoms with Crippen LogP contribution in [0.3, 0.4) is 0 Å². The van der Waals surface area contributed by atoms with Crippen LogP contribution >= 0.6 is 0 Å². The molecule has 0 aromatic heterocycles. The number of benzene rings is 1. The fraction of sp³-hybridized carbons (Fsp3) is 0.600. The second-order valence-electron chi connectivity index (χ2n) is 5.27. The third kappa shape index (κ3) is 3.55. The molecule has 1 saturated heterocycles. The fourth-order valence-corrected chi connectivity index (χ4v) is 2.63. The minimum absolute atomic E-state index is 0.426. The van der Waals surface area contributed by atoms with Gasteiger partial charge in [-0.15, -0.1) is 0 Å². The molecule has 1 fully saturated rings. The van der Waals surface area contributed by atoms with Gasteiger partial charge in [0.15, 0.2) is 0 Å². The molecule has 0 saturated carbocycles. The summed E-state index contributed by atoms with van der Waals surface area (Å²) in [6.07, 6.45) is 4.19. The Morgan fingerprint density at radius 1 is 1.29 bits per heavy atom. The largest absolute Gasteiger partial charge is 0.389 e. The number of aliphatic hydroxyl groups is 1. The van der Waals surface area contributed by atoms with Crippen LogP contribution in [-0.4, -0.2) is 28.7 Å². The van der Waals surface area contributed by atoms with Crippen LogP contribution in [0.15, 0.2) is 30.3 Å². The van der Waals surface area contributed by atoms with Crippen LogP contribution < -0.4 is 0 Å². The molecular weight excluding hydrogens is 210 g/mol. The van der Waals surface area contributed by atoms with E-state index in [9.17, 15) is 5.11 Å². The first-order valence-corrected chi connectivity index (χ1v) is 6.70. The molecule has 2 nitrogen and oxygen atoms in total. The average Bonchev–Trinajstić information content (AvgIpc) is 2.70. The summed E-state index contributed by atoms with van der Waals surface area (Å²) in [7, 11) is 0. The molecule has 0 amide bonds. The molecule has 2 heteroatoms. The molecule has 17 heavy (non-hydrogen) atoms. The SMILES string of the molecule is CCCCC1(O)CCN(Cc2ccccc2)C1. The zero-order chi connectivity index (χ0) is 12.1. The maximum Gasteiger partial charge on any atom is 0.0786 e. The van der Waals surface area contributed by atoms with Crippen molar-refractivity contribution in [1.29, 1.82) is 0 Å². The zero-order valence-corrected chi connectivity index (χ0v) is 10.7. The standard InChI is InChI=1S/C15H23NO/c1-2-3-9-15(17)10-11-16(13-15)12-14-7-5-4-6-8-14/h4-8,17H,2-3,9-13H2,1H3. The highest BCUT2D eigenvalue weighted by molar-refractivity contribution is 5.14. The second-order valence-corrected chi connectivity index (χ2v) is 5.27. The minimum Gasteiger partial charge on any atom is -0.389 e. The Morgan fingerprint density at radius 3 is 2.76 bits per heavy atom. The summed E-state index contributed by atoms with van der Waals surface area (Å²) < 4.78 is 0. The van der Waals surface area contributed by atoms with E-state index in [0.29, 0.717) is 0 Å². The van der Waals surface area contributed by atoms with E-state index in [-0.39, 0.29) is 0 Å². The predicted octanol–water partition coefficient (Wildman–Crippen LogP) is 2.81. The van der Waals surface area contributed by atoms with Crippen molar-refractivity contribution in [2.24, 2.45) is 0 Å². The van der Waals surface area contributed by atoms with Crippen molar-refractivity contribution in [3.63, 3.8) is 0 Å². The second kappa shape index (κ2) is 5.65. The zero-order valence-electron chi connectivity index (χ0n) is 10.7. The Morgan fingerprint density at radius 2 is 2.06 bits per heavy atom. The Hall–Kier alpha value is -0.860. The molecule has 2 rings (SSSR count). The lowest BCUT2D eigenvalue weighted by Gasteiger charge is -2.23. The van der Waals surface area contributed by atoms with Crippen molar-refractivity contribution in [1.82, 2.24) is 4.90 Å². The lowest BCUT2D eigenvalue weighted by Crippen LogP contribution is -2.32. The van der Waals surface area contributed by atoms with E-state index in [0.717, 1.165) is 38.9 Å². The van der Waals surface area contributed by atoms with Crippen LogP contribution in [0.4, 0.5) is 0 Å². The Bertz CT molecular complexity index is 338. The smallest absolute Gasteiger partial charge is 0.0786 e. The molecule has 1 unspecified atom stereocenters. The van der Waals surface area contributed by atoms with Gasteiger partial charge in [0, 0.05) is 19.6 Å². The van der Waals surface area contributed by atoms with Gasteiger partial charge in [0.1, 0.15) is 0 Å². The maximum absolute atomic E-state index is 10.4. The summed E-state index contributed by atoms with van der Waals surface area (Å²) in [5.74, 6) is 0. The first-order valence-electron chi connectivity index (χ1n) is 6.70. The van der Waals surface area contributed by atoms with Crippen molar-refractivity contribution < 1.29 is 5.11 Å². The van der Waals surface area contributed by atoms with E-state index in [1.807, 2.05) is 6.07 Å². The molecular formula is C15H23NO. The van der Waals surface area contributed by atoms with Crippen molar-refractivity contribution in [2.75, 3.05) is 13.1 Å². The van der Waals surface area contributed by atoms with E-state index in [1.165, 1.54) is 12.0 Å². The summed E-state index contributed by atoms with van der Waals surface area (Å²) >= 11 is 0. The van der Waals surface area contributed by atoms with Gasteiger partial charge in [0.2, 0.25) is 0 Å². The van der Waals surface area contributed by atoms with E-state index in [4.69, 9.17) is 0 Å². The lowest BCUT2D eigenvalue weighted by atomic mass is 9.96. The third-order valence-electron chi connectivity index (χ3n) is 3.66. The van der Waals surface area contributed by atoms with E-state index in [1.54, 1.807) is 0 Å². The van der Waals surface area contributed by atoms with Crippen molar-refractivity contribution in [3.8, 4) is 0 Å². The van der Waals surface area contributed by atoms with E-state index in [2.05, 4.69) is 36.1 Å². The first-order chi connectivity index (χ1) is 8.22. The van der Waals surface area contributed by atoms with E-state index < -0.39 is 5.60 Å². The van der Waals surface area contributed by atoms with Crippen molar-refractivity contribution in [3.05, 3.63) is 35.9 Å². The fourth-order valence-electron chi connectivity index (χ4n) is 2.63. The van der Waals surface area contributed by atoms with E-state index >= 15 is 0 Å². The monoisotopic (exact) mass is 233 g/mol. The highest BCUT2D eigenvalue weighted by atomic mass is 16.3. The molecule has 1 atom stereocenters. The summed E-state index contributed by atoms with van der Waals surface area (Å²) in [6, 6.07) is 10.5. The van der Waals surface area contributed by atoms with Crippen LogP contribution in [0.25, 0.3) is 0 Å². The van der Waals surface area contributed by atoms with Gasteiger partial charge in [-0.25, -0.2) is 0 Å². The summed E-state index contributed by atoms with van der Waals surface area (Å²) in [5, 5.41) is 10.4. The van der Waals surface area contributed by atoms with Crippen LogP contribution in [0.5, 0.6) is 0 Å². The molecule has 94 valence electrons. The topological polar surface area (TPSA) is 23.5 Å². The molecule has 0 spiro atoms. The molecule has 1 aromatic rings. The van der Waals surface area contributed by atoms with Gasteiger partial charge in [-0.3, -0.25) is 4.90 Å². The maximum atomic E-state index is 10.4.